The molecule has 0 saturated heterocycles. The first-order chi connectivity index (χ1) is 11.1. The van der Waals surface area contributed by atoms with E-state index in [4.69, 9.17) is 4.74 Å². The van der Waals surface area contributed by atoms with Crippen LogP contribution in [0.1, 0.15) is 33.4 Å². The number of methoxy groups -OCH3 is 1. The maximum atomic E-state index is 12.7. The van der Waals surface area contributed by atoms with Crippen molar-refractivity contribution in [1.29, 1.82) is 0 Å². The van der Waals surface area contributed by atoms with Gasteiger partial charge in [0.2, 0.25) is 0 Å². The van der Waals surface area contributed by atoms with Gasteiger partial charge >= 0.3 is 5.97 Å². The Morgan fingerprint density at radius 3 is 2.35 bits per heavy atom. The van der Waals surface area contributed by atoms with Crippen molar-refractivity contribution < 1.29 is 19.4 Å². The first-order valence-corrected chi connectivity index (χ1v) is 7.28. The molecule has 1 aliphatic heterocycles. The maximum absolute atomic E-state index is 12.7. The van der Waals surface area contributed by atoms with E-state index in [0.29, 0.717) is 22.4 Å². The monoisotopic (exact) mass is 311 g/mol. The van der Waals surface area contributed by atoms with Gasteiger partial charge in [-0.25, -0.2) is 0 Å². The lowest BCUT2D eigenvalue weighted by atomic mass is 9.80. The van der Waals surface area contributed by atoms with Gasteiger partial charge in [0, 0.05) is 18.2 Å². The third-order valence-corrected chi connectivity index (χ3v) is 4.30. The van der Waals surface area contributed by atoms with E-state index in [1.165, 1.54) is 12.0 Å². The number of carboxylic acids is 1. The number of hydrogen-bond acceptors (Lipinski definition) is 3. The molecule has 3 rings (SSSR count). The van der Waals surface area contributed by atoms with Crippen LogP contribution >= 0.6 is 0 Å². The molecule has 23 heavy (non-hydrogen) atoms. The molecule has 0 spiro atoms. The maximum Gasteiger partial charge on any atom is 0.313 e. The lowest BCUT2D eigenvalue weighted by molar-refractivity contribution is -0.140. The second-order valence-corrected chi connectivity index (χ2v) is 5.51. The number of para-hydroxylation sites is 1. The van der Waals surface area contributed by atoms with E-state index in [1.807, 2.05) is 12.1 Å². The van der Waals surface area contributed by atoms with Crippen molar-refractivity contribution >= 4 is 11.9 Å². The van der Waals surface area contributed by atoms with Crippen LogP contribution in [0.15, 0.2) is 48.5 Å². The fourth-order valence-electron chi connectivity index (χ4n) is 3.24. The largest absolute Gasteiger partial charge is 0.496 e. The standard InChI is InChI=1S/C18H17NO4/c1-19-16(13-9-5-6-10-14(13)23-2)15(18(21)22)11-7-3-4-8-12(11)17(19)20/h3-10,15-16H,1-2H3,(H,21,22)/t15-,16+/m0/s1. The number of amides is 1. The zero-order valence-electron chi connectivity index (χ0n) is 12.9. The van der Waals surface area contributed by atoms with Crippen molar-refractivity contribution in [2.45, 2.75) is 12.0 Å². The summed E-state index contributed by atoms with van der Waals surface area (Å²) in [6.07, 6.45) is 0. The Kier molecular flexibility index (Phi) is 3.78. The molecular formula is C18H17NO4. The highest BCUT2D eigenvalue weighted by molar-refractivity contribution is 6.00. The lowest BCUT2D eigenvalue weighted by Gasteiger charge is -2.39. The molecule has 1 amide bonds. The van der Waals surface area contributed by atoms with Gasteiger partial charge in [-0.1, -0.05) is 36.4 Å². The van der Waals surface area contributed by atoms with Gasteiger partial charge in [0.1, 0.15) is 11.7 Å². The van der Waals surface area contributed by atoms with Crippen LogP contribution in [0.3, 0.4) is 0 Å². The van der Waals surface area contributed by atoms with Crippen molar-refractivity contribution in [3.05, 3.63) is 65.2 Å². The molecule has 0 radical (unpaired) electrons. The molecular weight excluding hydrogens is 294 g/mol. The minimum atomic E-state index is -0.965. The van der Waals surface area contributed by atoms with Crippen LogP contribution in [-0.4, -0.2) is 36.0 Å². The van der Waals surface area contributed by atoms with E-state index in [9.17, 15) is 14.7 Å². The number of carbonyl (C=O) groups excluding carboxylic acids is 1. The van der Waals surface area contributed by atoms with Gasteiger partial charge in [0.05, 0.1) is 13.2 Å². The van der Waals surface area contributed by atoms with E-state index in [0.717, 1.165) is 0 Å². The van der Waals surface area contributed by atoms with Crippen molar-refractivity contribution in [2.24, 2.45) is 0 Å². The summed E-state index contributed by atoms with van der Waals surface area (Å²) < 4.78 is 5.37. The van der Waals surface area contributed by atoms with E-state index < -0.39 is 17.9 Å². The van der Waals surface area contributed by atoms with Gasteiger partial charge in [0.25, 0.3) is 5.91 Å². The Hall–Kier alpha value is -2.82. The summed E-state index contributed by atoms with van der Waals surface area (Å²) in [6, 6.07) is 13.5. The quantitative estimate of drug-likeness (QED) is 0.946. The molecule has 0 aromatic heterocycles. The topological polar surface area (TPSA) is 66.8 Å². The zero-order valence-corrected chi connectivity index (χ0v) is 12.9. The van der Waals surface area contributed by atoms with E-state index >= 15 is 0 Å². The average Bonchev–Trinajstić information content (AvgIpc) is 2.57. The fourth-order valence-corrected chi connectivity index (χ4v) is 3.24. The number of rotatable bonds is 3. The van der Waals surface area contributed by atoms with Gasteiger partial charge in [-0.15, -0.1) is 0 Å². The van der Waals surface area contributed by atoms with Crippen molar-refractivity contribution in [1.82, 2.24) is 4.90 Å². The van der Waals surface area contributed by atoms with Gasteiger partial charge in [-0.2, -0.15) is 0 Å². The Morgan fingerprint density at radius 1 is 1.09 bits per heavy atom. The molecule has 1 aliphatic rings. The number of fused-ring (bicyclic) bond motifs is 1. The Morgan fingerprint density at radius 2 is 1.70 bits per heavy atom. The molecule has 2 aromatic rings. The molecule has 0 saturated carbocycles. The highest BCUT2D eigenvalue weighted by atomic mass is 16.5. The molecule has 2 aromatic carbocycles. The highest BCUT2D eigenvalue weighted by Crippen LogP contribution is 2.44. The van der Waals surface area contributed by atoms with Gasteiger partial charge in [0.15, 0.2) is 0 Å². The summed E-state index contributed by atoms with van der Waals surface area (Å²) in [6.45, 7) is 0. The predicted octanol–water partition coefficient (Wildman–Crippen LogP) is 2.69. The lowest BCUT2D eigenvalue weighted by Crippen LogP contribution is -2.42. The third-order valence-electron chi connectivity index (χ3n) is 4.30. The smallest absolute Gasteiger partial charge is 0.313 e. The molecule has 0 unspecified atom stereocenters. The number of hydrogen-bond donors (Lipinski definition) is 1. The van der Waals surface area contributed by atoms with Crippen LogP contribution < -0.4 is 4.74 Å². The van der Waals surface area contributed by atoms with Gasteiger partial charge < -0.3 is 14.7 Å². The van der Waals surface area contributed by atoms with E-state index in [1.54, 1.807) is 43.4 Å². The number of aliphatic carboxylic acids is 1. The number of benzene rings is 2. The SMILES string of the molecule is COc1ccccc1[C@@H]1[C@@H](C(=O)O)c2ccccc2C(=O)N1C. The molecule has 118 valence electrons. The average molecular weight is 311 g/mol. The summed E-state index contributed by atoms with van der Waals surface area (Å²) in [4.78, 5) is 26.1. The van der Waals surface area contributed by atoms with Crippen LogP contribution in [0.2, 0.25) is 0 Å². The second kappa shape index (κ2) is 5.76. The first kappa shape index (κ1) is 15.1. The molecule has 5 heteroatoms. The summed E-state index contributed by atoms with van der Waals surface area (Å²) in [5.41, 5.74) is 1.67. The number of nitrogens with zero attached hydrogens (tertiary/aromatic N) is 1. The van der Waals surface area contributed by atoms with Crippen molar-refractivity contribution in [3.63, 3.8) is 0 Å². The van der Waals surface area contributed by atoms with Crippen LogP contribution in [0.25, 0.3) is 0 Å². The van der Waals surface area contributed by atoms with Crippen molar-refractivity contribution in [3.8, 4) is 5.75 Å². The highest BCUT2D eigenvalue weighted by Gasteiger charge is 2.43. The number of carboxylic acid groups (broad SMARTS) is 1. The van der Waals surface area contributed by atoms with Crippen LogP contribution in [0.5, 0.6) is 5.75 Å². The van der Waals surface area contributed by atoms with Gasteiger partial charge in [-0.3, -0.25) is 9.59 Å². The Bertz CT molecular complexity index is 771. The number of ether oxygens (including phenoxy) is 1. The molecule has 5 nitrogen and oxygen atoms in total. The molecule has 0 bridgehead atoms. The van der Waals surface area contributed by atoms with Crippen LogP contribution in [0.4, 0.5) is 0 Å². The molecule has 2 atom stereocenters. The molecule has 0 fully saturated rings. The molecule has 1 heterocycles. The van der Waals surface area contributed by atoms with E-state index in [2.05, 4.69) is 0 Å². The minimum absolute atomic E-state index is 0.186. The van der Waals surface area contributed by atoms with Crippen LogP contribution in [0, 0.1) is 0 Å². The summed E-state index contributed by atoms with van der Waals surface area (Å²) in [5, 5.41) is 9.81. The predicted molar refractivity (Wildman–Crippen MR) is 84.6 cm³/mol. The number of carbonyl (C=O) groups is 2. The fraction of sp³-hybridized carbons (Fsp3) is 0.222. The summed E-state index contributed by atoms with van der Waals surface area (Å²) in [5.74, 6) is -1.42. The normalized spacial score (nSPS) is 20.1. The van der Waals surface area contributed by atoms with Crippen LogP contribution in [-0.2, 0) is 4.79 Å². The Balaban J connectivity index is 2.23. The minimum Gasteiger partial charge on any atom is -0.496 e. The zero-order chi connectivity index (χ0) is 16.6. The second-order valence-electron chi connectivity index (χ2n) is 5.51. The third kappa shape index (κ3) is 2.34. The van der Waals surface area contributed by atoms with E-state index in [-0.39, 0.29) is 5.91 Å². The van der Waals surface area contributed by atoms with Crippen molar-refractivity contribution in [2.75, 3.05) is 14.2 Å². The number of likely N-dealkylation sites (N-methyl/N-ethyl adjacent to an activating group) is 1. The first-order valence-electron chi connectivity index (χ1n) is 7.28. The summed E-state index contributed by atoms with van der Waals surface area (Å²) >= 11 is 0. The Labute approximate surface area is 134 Å². The summed E-state index contributed by atoms with van der Waals surface area (Å²) in [7, 11) is 3.17. The van der Waals surface area contributed by atoms with Gasteiger partial charge in [-0.05, 0) is 17.7 Å². The molecule has 1 N–H and O–H groups in total. The molecule has 0 aliphatic carbocycles.